The van der Waals surface area contributed by atoms with Gasteiger partial charge in [-0.15, -0.1) is 0 Å². The number of hydrogen-bond donors (Lipinski definition) is 1. The van der Waals surface area contributed by atoms with Crippen molar-refractivity contribution in [1.82, 2.24) is 10.2 Å². The van der Waals surface area contributed by atoms with E-state index < -0.39 is 0 Å². The van der Waals surface area contributed by atoms with Gasteiger partial charge in [0.25, 0.3) is 0 Å². The summed E-state index contributed by atoms with van der Waals surface area (Å²) in [5.41, 5.74) is 0. The Morgan fingerprint density at radius 3 is 2.91 bits per heavy atom. The average Bonchev–Trinajstić information content (AvgIpc) is 2.01. The van der Waals surface area contributed by atoms with Gasteiger partial charge in [0, 0.05) is 19.6 Å². The third kappa shape index (κ3) is 1.53. The first kappa shape index (κ1) is 8.53. The largest absolute Gasteiger partial charge is 0.340 e. The van der Waals surface area contributed by atoms with Crippen molar-refractivity contribution in [2.75, 3.05) is 13.6 Å². The van der Waals surface area contributed by atoms with E-state index in [4.69, 9.17) is 0 Å². The second kappa shape index (κ2) is 3.22. The van der Waals surface area contributed by atoms with E-state index in [-0.39, 0.29) is 11.9 Å². The molecule has 0 aromatic heterocycles. The van der Waals surface area contributed by atoms with E-state index in [2.05, 4.69) is 12.2 Å². The lowest BCUT2D eigenvalue weighted by Crippen LogP contribution is -2.57. The Morgan fingerprint density at radius 2 is 2.36 bits per heavy atom. The number of carbonyl (C=O) groups is 1. The number of likely N-dealkylation sites (N-methyl/N-ethyl adjacent to an activating group) is 1. The van der Waals surface area contributed by atoms with Crippen molar-refractivity contribution in [2.45, 2.75) is 32.4 Å². The van der Waals surface area contributed by atoms with Gasteiger partial charge in [-0.25, -0.2) is 0 Å². The zero-order chi connectivity index (χ0) is 8.43. The third-order valence-corrected chi connectivity index (χ3v) is 2.37. The zero-order valence-corrected chi connectivity index (χ0v) is 7.42. The van der Waals surface area contributed by atoms with Crippen LogP contribution in [0.4, 0.5) is 0 Å². The standard InChI is InChI=1S/C8H16N2O/c1-4-7-8(11)10(3)6(2)5-9-7/h6-7,9H,4-5H2,1-3H3/t6-,7-/m1/s1. The Labute approximate surface area is 67.8 Å². The minimum Gasteiger partial charge on any atom is -0.340 e. The molecule has 1 saturated heterocycles. The fourth-order valence-electron chi connectivity index (χ4n) is 1.32. The number of nitrogens with zero attached hydrogens (tertiary/aromatic N) is 1. The number of rotatable bonds is 1. The van der Waals surface area contributed by atoms with Gasteiger partial charge >= 0.3 is 0 Å². The highest BCUT2D eigenvalue weighted by molar-refractivity contribution is 5.82. The number of nitrogens with one attached hydrogen (secondary N) is 1. The maximum absolute atomic E-state index is 11.4. The molecule has 1 heterocycles. The Bertz CT molecular complexity index is 154. The summed E-state index contributed by atoms with van der Waals surface area (Å²) in [6.45, 7) is 5.00. The van der Waals surface area contributed by atoms with Crippen molar-refractivity contribution in [1.29, 1.82) is 0 Å². The maximum atomic E-state index is 11.4. The smallest absolute Gasteiger partial charge is 0.239 e. The molecule has 3 heteroatoms. The Morgan fingerprint density at radius 1 is 1.73 bits per heavy atom. The van der Waals surface area contributed by atoms with E-state index in [0.717, 1.165) is 13.0 Å². The lowest BCUT2D eigenvalue weighted by Gasteiger charge is -2.35. The van der Waals surface area contributed by atoms with Crippen LogP contribution in [0.25, 0.3) is 0 Å². The molecule has 64 valence electrons. The Hall–Kier alpha value is -0.570. The van der Waals surface area contributed by atoms with Crippen LogP contribution < -0.4 is 5.32 Å². The van der Waals surface area contributed by atoms with Crippen molar-refractivity contribution in [3.63, 3.8) is 0 Å². The van der Waals surface area contributed by atoms with Crippen LogP contribution >= 0.6 is 0 Å². The van der Waals surface area contributed by atoms with Crippen LogP contribution in [0.1, 0.15) is 20.3 Å². The molecule has 1 aliphatic rings. The van der Waals surface area contributed by atoms with Crippen molar-refractivity contribution < 1.29 is 4.79 Å². The van der Waals surface area contributed by atoms with Crippen LogP contribution in [-0.4, -0.2) is 36.5 Å². The Kier molecular flexibility index (Phi) is 2.49. The summed E-state index contributed by atoms with van der Waals surface area (Å²) < 4.78 is 0. The van der Waals surface area contributed by atoms with Gasteiger partial charge in [0.2, 0.25) is 5.91 Å². The van der Waals surface area contributed by atoms with Crippen LogP contribution in [0.5, 0.6) is 0 Å². The lowest BCUT2D eigenvalue weighted by atomic mass is 10.1. The average molecular weight is 156 g/mol. The second-order valence-electron chi connectivity index (χ2n) is 3.17. The predicted octanol–water partition coefficient (Wildman–Crippen LogP) is 0.215. The molecule has 0 aromatic rings. The van der Waals surface area contributed by atoms with Crippen molar-refractivity contribution in [3.8, 4) is 0 Å². The molecule has 0 spiro atoms. The highest BCUT2D eigenvalue weighted by atomic mass is 16.2. The first-order valence-electron chi connectivity index (χ1n) is 4.17. The molecule has 11 heavy (non-hydrogen) atoms. The molecule has 0 unspecified atom stereocenters. The minimum atomic E-state index is 0.0520. The van der Waals surface area contributed by atoms with E-state index in [1.54, 1.807) is 0 Å². The number of hydrogen-bond acceptors (Lipinski definition) is 2. The monoisotopic (exact) mass is 156 g/mol. The number of carbonyl (C=O) groups excluding carboxylic acids is 1. The first-order chi connectivity index (χ1) is 5.16. The summed E-state index contributed by atoms with van der Waals surface area (Å²) in [6, 6.07) is 0.390. The van der Waals surface area contributed by atoms with E-state index >= 15 is 0 Å². The normalized spacial score (nSPS) is 32.6. The molecule has 1 fully saturated rings. The summed E-state index contributed by atoms with van der Waals surface area (Å²) in [5, 5.41) is 3.21. The molecule has 3 nitrogen and oxygen atoms in total. The topological polar surface area (TPSA) is 32.3 Å². The molecule has 1 aliphatic heterocycles. The van der Waals surface area contributed by atoms with Gasteiger partial charge < -0.3 is 10.2 Å². The van der Waals surface area contributed by atoms with E-state index in [1.807, 2.05) is 18.9 Å². The highest BCUT2D eigenvalue weighted by Crippen LogP contribution is 2.07. The van der Waals surface area contributed by atoms with Crippen molar-refractivity contribution in [2.24, 2.45) is 0 Å². The molecule has 0 aromatic carbocycles. The molecule has 0 aliphatic carbocycles. The maximum Gasteiger partial charge on any atom is 0.239 e. The number of amides is 1. The van der Waals surface area contributed by atoms with Crippen LogP contribution in [-0.2, 0) is 4.79 Å². The van der Waals surface area contributed by atoms with Gasteiger partial charge in [0.1, 0.15) is 0 Å². The quantitative estimate of drug-likeness (QED) is 0.589. The van der Waals surface area contributed by atoms with Crippen LogP contribution in [0.3, 0.4) is 0 Å². The molecule has 2 atom stereocenters. The van der Waals surface area contributed by atoms with Crippen molar-refractivity contribution in [3.05, 3.63) is 0 Å². The molecular weight excluding hydrogens is 140 g/mol. The van der Waals surface area contributed by atoms with Gasteiger partial charge in [0.05, 0.1) is 6.04 Å². The molecule has 1 amide bonds. The first-order valence-corrected chi connectivity index (χ1v) is 4.17. The fraction of sp³-hybridized carbons (Fsp3) is 0.875. The molecular formula is C8H16N2O. The summed E-state index contributed by atoms with van der Waals surface area (Å²) >= 11 is 0. The molecule has 0 radical (unpaired) electrons. The fourth-order valence-corrected chi connectivity index (χ4v) is 1.32. The second-order valence-corrected chi connectivity index (χ2v) is 3.17. The minimum absolute atomic E-state index is 0.0520. The van der Waals surface area contributed by atoms with E-state index in [1.165, 1.54) is 0 Å². The molecule has 1 rings (SSSR count). The lowest BCUT2D eigenvalue weighted by molar-refractivity contribution is -0.136. The Balaban J connectivity index is 2.59. The van der Waals surface area contributed by atoms with Gasteiger partial charge in [-0.1, -0.05) is 6.92 Å². The molecule has 1 N–H and O–H groups in total. The summed E-state index contributed by atoms with van der Waals surface area (Å²) in [5.74, 6) is 0.228. The SMILES string of the molecule is CC[C@H]1NC[C@@H](C)N(C)C1=O. The van der Waals surface area contributed by atoms with E-state index in [9.17, 15) is 4.79 Å². The summed E-state index contributed by atoms with van der Waals surface area (Å²) in [7, 11) is 1.87. The van der Waals surface area contributed by atoms with Crippen LogP contribution in [0.15, 0.2) is 0 Å². The molecule has 0 bridgehead atoms. The summed E-state index contributed by atoms with van der Waals surface area (Å²) in [6.07, 6.45) is 0.885. The van der Waals surface area contributed by atoms with Crippen LogP contribution in [0, 0.1) is 0 Å². The highest BCUT2D eigenvalue weighted by Gasteiger charge is 2.28. The van der Waals surface area contributed by atoms with Gasteiger partial charge in [-0.3, -0.25) is 4.79 Å². The van der Waals surface area contributed by atoms with Crippen LogP contribution in [0.2, 0.25) is 0 Å². The van der Waals surface area contributed by atoms with Gasteiger partial charge in [-0.2, -0.15) is 0 Å². The van der Waals surface area contributed by atoms with Gasteiger partial charge in [-0.05, 0) is 13.3 Å². The number of piperazine rings is 1. The predicted molar refractivity (Wildman–Crippen MR) is 44.3 cm³/mol. The molecule has 0 saturated carbocycles. The summed E-state index contributed by atoms with van der Waals surface area (Å²) in [4.78, 5) is 13.3. The van der Waals surface area contributed by atoms with E-state index in [0.29, 0.717) is 6.04 Å². The third-order valence-electron chi connectivity index (χ3n) is 2.37. The zero-order valence-electron chi connectivity index (χ0n) is 7.42. The van der Waals surface area contributed by atoms with Gasteiger partial charge in [0.15, 0.2) is 0 Å². The van der Waals surface area contributed by atoms with Crippen molar-refractivity contribution >= 4 is 5.91 Å².